The molecule has 1 atom stereocenters. The van der Waals surface area contributed by atoms with Crippen molar-refractivity contribution < 1.29 is 9.18 Å². The van der Waals surface area contributed by atoms with E-state index >= 15 is 0 Å². The Morgan fingerprint density at radius 1 is 1.16 bits per heavy atom. The van der Waals surface area contributed by atoms with Gasteiger partial charge in [-0.15, -0.1) is 0 Å². The quantitative estimate of drug-likeness (QED) is 0.745. The van der Waals surface area contributed by atoms with Crippen molar-refractivity contribution >= 4 is 17.4 Å². The van der Waals surface area contributed by atoms with Crippen LogP contribution in [0.4, 0.5) is 20.6 Å². The van der Waals surface area contributed by atoms with Gasteiger partial charge in [-0.25, -0.2) is 9.18 Å². The first-order valence-electron chi connectivity index (χ1n) is 11.6. The molecule has 4 rings (SSSR count). The number of piperidine rings is 1. The molecule has 0 spiro atoms. The van der Waals surface area contributed by atoms with Crippen molar-refractivity contribution in [2.45, 2.75) is 38.4 Å². The Kier molecular flexibility index (Phi) is 7.27. The zero-order valence-corrected chi connectivity index (χ0v) is 19.1. The highest BCUT2D eigenvalue weighted by atomic mass is 19.1. The lowest BCUT2D eigenvalue weighted by molar-refractivity contribution is 0.191. The van der Waals surface area contributed by atoms with Crippen molar-refractivity contribution in [3.8, 4) is 0 Å². The van der Waals surface area contributed by atoms with Crippen LogP contribution in [-0.4, -0.2) is 67.7 Å². The number of carbonyl (C=O) groups excluding carboxylic acids is 1. The second-order valence-electron chi connectivity index (χ2n) is 9.01. The van der Waals surface area contributed by atoms with Gasteiger partial charge in [-0.2, -0.15) is 0 Å². The Balaban J connectivity index is 1.27. The number of likely N-dealkylation sites (tertiary alicyclic amines) is 1. The molecule has 0 bridgehead atoms. The molecule has 0 radical (unpaired) electrons. The van der Waals surface area contributed by atoms with Crippen LogP contribution in [0.5, 0.6) is 0 Å². The first-order chi connectivity index (χ1) is 15.5. The third kappa shape index (κ3) is 5.78. The van der Waals surface area contributed by atoms with Gasteiger partial charge in [0.2, 0.25) is 0 Å². The normalized spacial score (nSPS) is 20.2. The molecule has 2 amide bonds. The number of hydrogen-bond acceptors (Lipinski definition) is 4. The number of hydrogen-bond donors (Lipinski definition) is 2. The largest absolute Gasteiger partial charge is 0.382 e. The zero-order valence-electron chi connectivity index (χ0n) is 19.1. The highest BCUT2D eigenvalue weighted by molar-refractivity contribution is 5.91. The molecule has 2 aromatic carbocycles. The monoisotopic (exact) mass is 439 g/mol. The molecule has 2 saturated heterocycles. The number of rotatable bonds is 5. The fourth-order valence-corrected chi connectivity index (χ4v) is 4.59. The number of nitrogens with zero attached hydrogens (tertiary/aromatic N) is 3. The maximum Gasteiger partial charge on any atom is 0.324 e. The maximum absolute atomic E-state index is 13.4. The summed E-state index contributed by atoms with van der Waals surface area (Å²) < 4.78 is 13.4. The third-order valence-corrected chi connectivity index (χ3v) is 6.43. The lowest BCUT2D eigenvalue weighted by atomic mass is 10.0. The molecule has 2 aliphatic rings. The van der Waals surface area contributed by atoms with Crippen molar-refractivity contribution in [2.24, 2.45) is 0 Å². The minimum Gasteiger partial charge on any atom is -0.382 e. The van der Waals surface area contributed by atoms with E-state index in [0.29, 0.717) is 19.1 Å². The van der Waals surface area contributed by atoms with Gasteiger partial charge in [0.1, 0.15) is 5.82 Å². The first kappa shape index (κ1) is 22.6. The molecule has 172 valence electrons. The molecule has 2 N–H and O–H groups in total. The SMILES string of the molecule is C[C@@H]1CN(Cc2ccc(N(C)C(=O)N3CCC(Nc4cccc(F)c4)CC3)cc2)CCN1. The van der Waals surface area contributed by atoms with Crippen LogP contribution in [0.3, 0.4) is 0 Å². The Labute approximate surface area is 190 Å². The smallest absolute Gasteiger partial charge is 0.324 e. The molecule has 32 heavy (non-hydrogen) atoms. The minimum atomic E-state index is -0.238. The highest BCUT2D eigenvalue weighted by Crippen LogP contribution is 2.21. The first-order valence-corrected chi connectivity index (χ1v) is 11.6. The molecule has 2 heterocycles. The molecule has 6 nitrogen and oxygen atoms in total. The summed E-state index contributed by atoms with van der Waals surface area (Å²) in [6.07, 6.45) is 1.69. The molecular formula is C25H34FN5O. The van der Waals surface area contributed by atoms with Crippen LogP contribution in [0.1, 0.15) is 25.3 Å². The summed E-state index contributed by atoms with van der Waals surface area (Å²) >= 11 is 0. The topological polar surface area (TPSA) is 50.9 Å². The van der Waals surface area contributed by atoms with E-state index < -0.39 is 0 Å². The minimum absolute atomic E-state index is 0.0258. The van der Waals surface area contributed by atoms with Gasteiger partial charge < -0.3 is 15.5 Å². The summed E-state index contributed by atoms with van der Waals surface area (Å²) in [5.74, 6) is -0.238. The zero-order chi connectivity index (χ0) is 22.5. The second-order valence-corrected chi connectivity index (χ2v) is 9.01. The summed E-state index contributed by atoms with van der Waals surface area (Å²) in [5.41, 5.74) is 2.97. The number of piperazine rings is 1. The fourth-order valence-electron chi connectivity index (χ4n) is 4.59. The summed E-state index contributed by atoms with van der Waals surface area (Å²) in [5, 5.41) is 6.86. The predicted octanol–water partition coefficient (Wildman–Crippen LogP) is 3.75. The standard InChI is InChI=1S/C25H34FN5O/c1-19-17-30(15-12-27-19)18-20-6-8-24(9-7-20)29(2)25(32)31-13-10-22(11-14-31)28-23-5-3-4-21(26)16-23/h3-9,16,19,22,27-28H,10-15,17-18H2,1-2H3/t19-/m1/s1. The fraction of sp³-hybridized carbons (Fsp3) is 0.480. The van der Waals surface area contributed by atoms with Crippen LogP contribution in [-0.2, 0) is 6.54 Å². The van der Waals surface area contributed by atoms with Crippen LogP contribution in [0.15, 0.2) is 48.5 Å². The molecule has 0 saturated carbocycles. The van der Waals surface area contributed by atoms with Gasteiger partial charge in [-0.05, 0) is 55.7 Å². The number of carbonyl (C=O) groups is 1. The predicted molar refractivity (Wildman–Crippen MR) is 128 cm³/mol. The summed E-state index contributed by atoms with van der Waals surface area (Å²) in [7, 11) is 1.84. The van der Waals surface area contributed by atoms with E-state index in [1.807, 2.05) is 30.1 Å². The molecule has 2 aliphatic heterocycles. The third-order valence-electron chi connectivity index (χ3n) is 6.43. The Bertz CT molecular complexity index is 897. The van der Waals surface area contributed by atoms with E-state index in [2.05, 4.69) is 34.6 Å². The number of anilines is 2. The molecule has 0 unspecified atom stereocenters. The lowest BCUT2D eigenvalue weighted by Gasteiger charge is -2.35. The van der Waals surface area contributed by atoms with Crippen molar-refractivity contribution in [1.29, 1.82) is 0 Å². The van der Waals surface area contributed by atoms with Crippen LogP contribution >= 0.6 is 0 Å². The van der Waals surface area contributed by atoms with Gasteiger partial charge in [-0.1, -0.05) is 18.2 Å². The van der Waals surface area contributed by atoms with Crippen molar-refractivity contribution in [2.75, 3.05) is 50.0 Å². The van der Waals surface area contributed by atoms with Crippen LogP contribution < -0.4 is 15.5 Å². The number of amides is 2. The van der Waals surface area contributed by atoms with Gasteiger partial charge in [0.05, 0.1) is 0 Å². The number of benzene rings is 2. The van der Waals surface area contributed by atoms with E-state index in [9.17, 15) is 9.18 Å². The average Bonchev–Trinajstić information content (AvgIpc) is 2.79. The molecule has 0 aromatic heterocycles. The maximum atomic E-state index is 13.4. The van der Waals surface area contributed by atoms with E-state index in [-0.39, 0.29) is 17.9 Å². The van der Waals surface area contributed by atoms with E-state index in [0.717, 1.165) is 50.4 Å². The summed E-state index contributed by atoms with van der Waals surface area (Å²) in [4.78, 5) is 19.1. The van der Waals surface area contributed by atoms with E-state index in [4.69, 9.17) is 0 Å². The Morgan fingerprint density at radius 2 is 1.91 bits per heavy atom. The number of urea groups is 1. The van der Waals surface area contributed by atoms with Crippen molar-refractivity contribution in [1.82, 2.24) is 15.1 Å². The van der Waals surface area contributed by atoms with Gasteiger partial charge in [-0.3, -0.25) is 9.80 Å². The van der Waals surface area contributed by atoms with Gasteiger partial charge >= 0.3 is 6.03 Å². The average molecular weight is 440 g/mol. The molecule has 2 aromatic rings. The van der Waals surface area contributed by atoms with Gasteiger partial charge in [0.15, 0.2) is 0 Å². The van der Waals surface area contributed by atoms with Crippen LogP contribution in [0.2, 0.25) is 0 Å². The van der Waals surface area contributed by atoms with Gasteiger partial charge in [0.25, 0.3) is 0 Å². The lowest BCUT2D eigenvalue weighted by Crippen LogP contribution is -2.48. The summed E-state index contributed by atoms with van der Waals surface area (Å²) in [6.45, 7) is 7.69. The second kappa shape index (κ2) is 10.3. The molecular weight excluding hydrogens is 405 g/mol. The molecule has 7 heteroatoms. The van der Waals surface area contributed by atoms with E-state index in [1.165, 1.54) is 17.7 Å². The van der Waals surface area contributed by atoms with E-state index in [1.54, 1.807) is 11.0 Å². The Morgan fingerprint density at radius 3 is 2.59 bits per heavy atom. The molecule has 0 aliphatic carbocycles. The number of halogens is 1. The highest BCUT2D eigenvalue weighted by Gasteiger charge is 2.25. The van der Waals surface area contributed by atoms with Crippen LogP contribution in [0, 0.1) is 5.82 Å². The van der Waals surface area contributed by atoms with Crippen molar-refractivity contribution in [3.05, 3.63) is 59.9 Å². The Hall–Kier alpha value is -2.64. The summed E-state index contributed by atoms with van der Waals surface area (Å²) in [6, 6.07) is 15.7. The van der Waals surface area contributed by atoms with Crippen molar-refractivity contribution in [3.63, 3.8) is 0 Å². The molecule has 2 fully saturated rings. The number of nitrogens with one attached hydrogen (secondary N) is 2. The van der Waals surface area contributed by atoms with Crippen LogP contribution in [0.25, 0.3) is 0 Å². The van der Waals surface area contributed by atoms with Gasteiger partial charge in [0, 0.05) is 69.8 Å².